The summed E-state index contributed by atoms with van der Waals surface area (Å²) in [4.78, 5) is 23.3. The third kappa shape index (κ3) is 7.43. The van der Waals surface area contributed by atoms with E-state index < -0.39 is 12.2 Å². The molecule has 0 aliphatic heterocycles. The van der Waals surface area contributed by atoms with Crippen LogP contribution in [0.15, 0.2) is 18.2 Å². The third-order valence-corrected chi connectivity index (χ3v) is 3.48. The quantitative estimate of drug-likeness (QED) is 0.783. The molecule has 0 radical (unpaired) electrons. The lowest BCUT2D eigenvalue weighted by atomic mass is 10.2. The third-order valence-electron chi connectivity index (χ3n) is 2.74. The number of carbonyl (C=O) groups excluding carboxylic acids is 2. The number of benzene rings is 1. The van der Waals surface area contributed by atoms with Gasteiger partial charge in [-0.05, 0) is 38.5 Å². The molecule has 0 aromatic heterocycles. The Kier molecular flexibility index (Phi) is 7.98. The summed E-state index contributed by atoms with van der Waals surface area (Å²) in [6, 6.07) is 4.35. The first kappa shape index (κ1) is 19.4. The second-order valence-corrected chi connectivity index (χ2v) is 5.87. The molecule has 0 aliphatic rings. The minimum absolute atomic E-state index is 0.0247. The van der Waals surface area contributed by atoms with Crippen LogP contribution in [0, 0.1) is 0 Å². The minimum Gasteiger partial charge on any atom is -0.447 e. The molecule has 0 saturated heterocycles. The number of halogens is 2. The van der Waals surface area contributed by atoms with Gasteiger partial charge in [0.1, 0.15) is 6.61 Å². The summed E-state index contributed by atoms with van der Waals surface area (Å²) in [7, 11) is 0. The second kappa shape index (κ2) is 9.47. The lowest BCUT2D eigenvalue weighted by Crippen LogP contribution is -2.39. The van der Waals surface area contributed by atoms with E-state index in [2.05, 4.69) is 10.6 Å². The maximum absolute atomic E-state index is 11.7. The standard InChI is InChI=1S/C15H20Cl2N2O4/c1-4-10(18-15(21)23-9(2)3)8-22-14(20)19-11-5-6-12(16)13(17)7-11/h5-7,9-10H,4,8H2,1-3H3,(H,18,21)(H,19,20). The van der Waals surface area contributed by atoms with Gasteiger partial charge in [-0.1, -0.05) is 30.1 Å². The molecule has 0 bridgehead atoms. The van der Waals surface area contributed by atoms with E-state index in [9.17, 15) is 9.59 Å². The van der Waals surface area contributed by atoms with Gasteiger partial charge >= 0.3 is 12.2 Å². The smallest absolute Gasteiger partial charge is 0.411 e. The summed E-state index contributed by atoms with van der Waals surface area (Å²) in [6.45, 7) is 5.39. The molecule has 1 rings (SSSR count). The first-order valence-electron chi connectivity index (χ1n) is 7.17. The van der Waals surface area contributed by atoms with E-state index in [0.717, 1.165) is 0 Å². The van der Waals surface area contributed by atoms with Crippen LogP contribution in [0.2, 0.25) is 10.0 Å². The average Bonchev–Trinajstić information content (AvgIpc) is 2.46. The normalized spacial score (nSPS) is 11.7. The molecule has 2 amide bonds. The van der Waals surface area contributed by atoms with Crippen LogP contribution in [0.1, 0.15) is 27.2 Å². The van der Waals surface area contributed by atoms with Crippen LogP contribution >= 0.6 is 23.2 Å². The predicted molar refractivity (Wildman–Crippen MR) is 90.3 cm³/mol. The molecule has 128 valence electrons. The van der Waals surface area contributed by atoms with Gasteiger partial charge < -0.3 is 14.8 Å². The van der Waals surface area contributed by atoms with Gasteiger partial charge in [-0.2, -0.15) is 0 Å². The van der Waals surface area contributed by atoms with Crippen molar-refractivity contribution in [2.24, 2.45) is 0 Å². The zero-order chi connectivity index (χ0) is 17.4. The molecule has 1 aromatic rings. The maximum atomic E-state index is 11.7. The van der Waals surface area contributed by atoms with Crippen LogP contribution < -0.4 is 10.6 Å². The van der Waals surface area contributed by atoms with Crippen LogP contribution in [0.4, 0.5) is 15.3 Å². The van der Waals surface area contributed by atoms with Crippen molar-refractivity contribution < 1.29 is 19.1 Å². The molecule has 1 atom stereocenters. The molecular weight excluding hydrogens is 343 g/mol. The van der Waals surface area contributed by atoms with Crippen LogP contribution in [0.25, 0.3) is 0 Å². The van der Waals surface area contributed by atoms with Crippen molar-refractivity contribution in [1.82, 2.24) is 5.32 Å². The fraction of sp³-hybridized carbons (Fsp3) is 0.467. The van der Waals surface area contributed by atoms with Crippen molar-refractivity contribution in [2.45, 2.75) is 39.3 Å². The van der Waals surface area contributed by atoms with Crippen LogP contribution in [0.5, 0.6) is 0 Å². The Labute approximate surface area is 145 Å². The summed E-state index contributed by atoms with van der Waals surface area (Å²) < 4.78 is 10.1. The Balaban J connectivity index is 2.43. The number of hydrogen-bond donors (Lipinski definition) is 2. The maximum Gasteiger partial charge on any atom is 0.411 e. The highest BCUT2D eigenvalue weighted by Gasteiger charge is 2.15. The Bertz CT molecular complexity index is 552. The van der Waals surface area contributed by atoms with E-state index in [1.165, 1.54) is 6.07 Å². The number of hydrogen-bond acceptors (Lipinski definition) is 4. The fourth-order valence-corrected chi connectivity index (χ4v) is 1.88. The molecule has 1 unspecified atom stereocenters. The predicted octanol–water partition coefficient (Wildman–Crippen LogP) is 4.46. The molecule has 2 N–H and O–H groups in total. The molecule has 6 nitrogen and oxygen atoms in total. The Morgan fingerprint density at radius 2 is 1.87 bits per heavy atom. The van der Waals surface area contributed by atoms with Crippen LogP contribution in [0.3, 0.4) is 0 Å². The van der Waals surface area contributed by atoms with Crippen molar-refractivity contribution in [3.05, 3.63) is 28.2 Å². The average molecular weight is 363 g/mol. The highest BCUT2D eigenvalue weighted by Crippen LogP contribution is 2.25. The van der Waals surface area contributed by atoms with Crippen molar-refractivity contribution in [1.29, 1.82) is 0 Å². The van der Waals surface area contributed by atoms with Crippen LogP contribution in [-0.4, -0.2) is 30.9 Å². The number of anilines is 1. The Morgan fingerprint density at radius 3 is 2.43 bits per heavy atom. The summed E-state index contributed by atoms with van der Waals surface area (Å²) >= 11 is 11.7. The molecule has 1 aromatic carbocycles. The highest BCUT2D eigenvalue weighted by molar-refractivity contribution is 6.42. The van der Waals surface area contributed by atoms with E-state index >= 15 is 0 Å². The summed E-state index contributed by atoms with van der Waals surface area (Å²) in [5, 5.41) is 5.88. The number of alkyl carbamates (subject to hydrolysis) is 1. The molecule has 0 spiro atoms. The van der Waals surface area contributed by atoms with Crippen molar-refractivity contribution in [2.75, 3.05) is 11.9 Å². The zero-order valence-corrected chi connectivity index (χ0v) is 14.7. The van der Waals surface area contributed by atoms with E-state index in [1.807, 2.05) is 6.92 Å². The van der Waals surface area contributed by atoms with Crippen LogP contribution in [-0.2, 0) is 9.47 Å². The van der Waals surface area contributed by atoms with Gasteiger partial charge in [0.15, 0.2) is 0 Å². The van der Waals surface area contributed by atoms with Gasteiger partial charge in [-0.15, -0.1) is 0 Å². The molecule has 0 heterocycles. The number of rotatable bonds is 6. The van der Waals surface area contributed by atoms with E-state index in [-0.39, 0.29) is 18.8 Å². The van der Waals surface area contributed by atoms with Gasteiger partial charge in [0.2, 0.25) is 0 Å². The first-order valence-corrected chi connectivity index (χ1v) is 7.93. The van der Waals surface area contributed by atoms with Crippen molar-refractivity contribution >= 4 is 41.1 Å². The lowest BCUT2D eigenvalue weighted by molar-refractivity contribution is 0.102. The topological polar surface area (TPSA) is 76.7 Å². The highest BCUT2D eigenvalue weighted by atomic mass is 35.5. The van der Waals surface area contributed by atoms with Gasteiger partial charge in [0, 0.05) is 5.69 Å². The molecule has 0 aliphatic carbocycles. The Hall–Kier alpha value is -1.66. The number of carbonyl (C=O) groups is 2. The van der Waals surface area contributed by atoms with E-state index in [4.69, 9.17) is 32.7 Å². The number of nitrogens with one attached hydrogen (secondary N) is 2. The number of ether oxygens (including phenoxy) is 2. The zero-order valence-electron chi connectivity index (χ0n) is 13.2. The van der Waals surface area contributed by atoms with Gasteiger partial charge in [-0.3, -0.25) is 5.32 Å². The van der Waals surface area contributed by atoms with E-state index in [0.29, 0.717) is 22.2 Å². The molecule has 0 fully saturated rings. The molecular formula is C15H20Cl2N2O4. The summed E-state index contributed by atoms with van der Waals surface area (Å²) in [5.41, 5.74) is 0.463. The second-order valence-electron chi connectivity index (χ2n) is 5.06. The lowest BCUT2D eigenvalue weighted by Gasteiger charge is -2.18. The van der Waals surface area contributed by atoms with E-state index in [1.54, 1.807) is 26.0 Å². The number of amides is 2. The largest absolute Gasteiger partial charge is 0.447 e. The SMILES string of the molecule is CCC(COC(=O)Nc1ccc(Cl)c(Cl)c1)NC(=O)OC(C)C. The fourth-order valence-electron chi connectivity index (χ4n) is 1.58. The molecule has 8 heteroatoms. The van der Waals surface area contributed by atoms with Gasteiger partial charge in [0.05, 0.1) is 22.2 Å². The van der Waals surface area contributed by atoms with Gasteiger partial charge in [-0.25, -0.2) is 9.59 Å². The monoisotopic (exact) mass is 362 g/mol. The Morgan fingerprint density at radius 1 is 1.17 bits per heavy atom. The van der Waals surface area contributed by atoms with Crippen molar-refractivity contribution in [3.8, 4) is 0 Å². The molecule has 23 heavy (non-hydrogen) atoms. The molecule has 0 saturated carbocycles. The van der Waals surface area contributed by atoms with Gasteiger partial charge in [0.25, 0.3) is 0 Å². The summed E-state index contributed by atoms with van der Waals surface area (Å²) in [6.07, 6.45) is -0.819. The first-order chi connectivity index (χ1) is 10.8. The summed E-state index contributed by atoms with van der Waals surface area (Å²) in [5.74, 6) is 0. The minimum atomic E-state index is -0.652. The van der Waals surface area contributed by atoms with Crippen molar-refractivity contribution in [3.63, 3.8) is 0 Å².